The van der Waals surface area contributed by atoms with E-state index in [0.717, 1.165) is 65.6 Å². The molecule has 0 spiro atoms. The Morgan fingerprint density at radius 1 is 0.486 bits per heavy atom. The van der Waals surface area contributed by atoms with Crippen LogP contribution in [0, 0.1) is 0 Å². The van der Waals surface area contributed by atoms with Gasteiger partial charge in [-0.1, -0.05) is 121 Å². The Morgan fingerprint density at radius 2 is 0.931 bits per heavy atom. The summed E-state index contributed by atoms with van der Waals surface area (Å²) in [6, 6.07) is 41.6. The molecule has 8 rings (SSSR count). The van der Waals surface area contributed by atoms with Crippen molar-refractivity contribution in [3.05, 3.63) is 168 Å². The summed E-state index contributed by atoms with van der Waals surface area (Å²) >= 11 is 0. The highest BCUT2D eigenvalue weighted by atomic mass is 16.2. The second kappa shape index (κ2) is 23.1. The molecule has 0 fully saturated rings. The number of nitrogens with two attached hydrogens (primary N) is 2. The van der Waals surface area contributed by atoms with Gasteiger partial charge in [0, 0.05) is 59.9 Å². The van der Waals surface area contributed by atoms with E-state index < -0.39 is 59.1 Å². The Morgan fingerprint density at radius 3 is 1.44 bits per heavy atom. The van der Waals surface area contributed by atoms with E-state index in [2.05, 4.69) is 41.9 Å². The quantitative estimate of drug-likeness (QED) is 0.0365. The molecule has 0 unspecified atom stereocenters. The molecule has 0 aliphatic heterocycles. The fraction of sp³-hybridized carbons (Fsp3) is 0.250. The summed E-state index contributed by atoms with van der Waals surface area (Å²) in [7, 11) is 0. The third-order valence-electron chi connectivity index (χ3n) is 12.3. The second-order valence-corrected chi connectivity index (χ2v) is 19.0. The van der Waals surface area contributed by atoms with Gasteiger partial charge in [0.05, 0.1) is 11.1 Å². The molecule has 6 aromatic carbocycles. The van der Waals surface area contributed by atoms with Crippen LogP contribution in [0.5, 0.6) is 0 Å². The Labute approximate surface area is 417 Å². The second-order valence-electron chi connectivity index (χ2n) is 19.0. The van der Waals surface area contributed by atoms with Gasteiger partial charge < -0.3 is 53.3 Å². The summed E-state index contributed by atoms with van der Waals surface area (Å²) in [5.41, 5.74) is 15.2. The lowest BCUT2D eigenvalue weighted by molar-refractivity contribution is -0.131. The number of hydrogen-bond donors (Lipinski definition) is 10. The van der Waals surface area contributed by atoms with Crippen LogP contribution in [-0.2, 0) is 54.5 Å². The van der Waals surface area contributed by atoms with Crippen molar-refractivity contribution in [1.29, 1.82) is 0 Å². The van der Waals surface area contributed by atoms with Crippen LogP contribution < -0.4 is 43.4 Å². The van der Waals surface area contributed by atoms with Crippen LogP contribution in [-0.4, -0.2) is 81.9 Å². The van der Waals surface area contributed by atoms with Gasteiger partial charge >= 0.3 is 0 Å². The van der Waals surface area contributed by atoms with Crippen molar-refractivity contribution < 1.29 is 28.8 Å². The molecule has 8 aromatic rings. The SMILES string of the molecule is CC(C)(N)C(=O)N[C@H](Cc1c[nH]c2ccccc12)C(=O)N[C@H](Cc1ccc2ccccc2c1)NC=O.CC(C)(N)C(=O)N[C@H](Cc1c[nH]c2ccccc12)C(=O)N[C@H](Cc1cccc2ccccc12)NC=O. The molecule has 4 atom stereocenters. The maximum atomic E-state index is 13.5. The summed E-state index contributed by atoms with van der Waals surface area (Å²) in [6.07, 6.45) is 4.71. The molecular weight excluding hydrogens is 909 g/mol. The number of rotatable bonds is 20. The van der Waals surface area contributed by atoms with Crippen molar-refractivity contribution in [2.75, 3.05) is 0 Å². The topological polar surface area (TPSA) is 258 Å². The third kappa shape index (κ3) is 13.3. The number of benzene rings is 6. The summed E-state index contributed by atoms with van der Waals surface area (Å²) in [4.78, 5) is 81.4. The Balaban J connectivity index is 0.000000211. The van der Waals surface area contributed by atoms with Crippen LogP contribution in [0.2, 0.25) is 0 Å². The van der Waals surface area contributed by atoms with Crippen molar-refractivity contribution in [3.63, 3.8) is 0 Å². The van der Waals surface area contributed by atoms with Gasteiger partial charge in [-0.2, -0.15) is 0 Å². The van der Waals surface area contributed by atoms with Gasteiger partial charge in [-0.05, 0) is 83.6 Å². The van der Waals surface area contributed by atoms with E-state index in [0.29, 0.717) is 25.7 Å². The van der Waals surface area contributed by atoms with Gasteiger partial charge in [-0.15, -0.1) is 0 Å². The zero-order chi connectivity index (χ0) is 51.4. The van der Waals surface area contributed by atoms with Gasteiger partial charge in [0.25, 0.3) is 0 Å². The van der Waals surface area contributed by atoms with Crippen LogP contribution in [0.1, 0.15) is 49.9 Å². The van der Waals surface area contributed by atoms with Crippen molar-refractivity contribution >= 4 is 79.8 Å². The average Bonchev–Trinajstić information content (AvgIpc) is 3.97. The number of amides is 6. The number of hydrogen-bond acceptors (Lipinski definition) is 8. The Hall–Kier alpha value is -8.34. The third-order valence-corrected chi connectivity index (χ3v) is 12.3. The van der Waals surface area contributed by atoms with E-state index in [9.17, 15) is 28.8 Å². The van der Waals surface area contributed by atoms with E-state index >= 15 is 0 Å². The lowest BCUT2D eigenvalue weighted by atomic mass is 10.00. The van der Waals surface area contributed by atoms with E-state index in [4.69, 9.17) is 11.5 Å². The van der Waals surface area contributed by atoms with Crippen LogP contribution in [0.15, 0.2) is 146 Å². The molecule has 16 heteroatoms. The molecule has 0 aliphatic carbocycles. The number of carbonyl (C=O) groups is 6. The molecular formula is C56H62N10O6. The smallest absolute Gasteiger partial charge is 0.244 e. The molecule has 2 heterocycles. The molecule has 16 nitrogen and oxygen atoms in total. The molecule has 72 heavy (non-hydrogen) atoms. The Kier molecular flexibility index (Phi) is 16.5. The summed E-state index contributed by atoms with van der Waals surface area (Å²) < 4.78 is 0. The van der Waals surface area contributed by atoms with Gasteiger partial charge in [0.1, 0.15) is 24.4 Å². The summed E-state index contributed by atoms with van der Waals surface area (Å²) in [6.45, 7) is 6.33. The predicted octanol–water partition coefficient (Wildman–Crippen LogP) is 5.03. The maximum Gasteiger partial charge on any atom is 0.244 e. The van der Waals surface area contributed by atoms with Crippen LogP contribution in [0.3, 0.4) is 0 Å². The highest BCUT2D eigenvalue weighted by Gasteiger charge is 2.32. The first-order valence-electron chi connectivity index (χ1n) is 23.7. The minimum absolute atomic E-state index is 0.250. The zero-order valence-corrected chi connectivity index (χ0v) is 40.8. The fourth-order valence-corrected chi connectivity index (χ4v) is 8.45. The highest BCUT2D eigenvalue weighted by Crippen LogP contribution is 2.23. The van der Waals surface area contributed by atoms with Gasteiger partial charge in [-0.25, -0.2) is 0 Å². The fourth-order valence-electron chi connectivity index (χ4n) is 8.45. The maximum absolute atomic E-state index is 13.5. The molecule has 0 saturated heterocycles. The monoisotopic (exact) mass is 970 g/mol. The van der Waals surface area contributed by atoms with Crippen molar-refractivity contribution in [2.45, 2.75) is 88.9 Å². The van der Waals surface area contributed by atoms with Gasteiger partial charge in [0.2, 0.25) is 36.4 Å². The number of aromatic nitrogens is 2. The minimum atomic E-state index is -1.16. The minimum Gasteiger partial charge on any atom is -0.361 e. The van der Waals surface area contributed by atoms with Crippen LogP contribution in [0.25, 0.3) is 43.4 Å². The number of aromatic amines is 2. The van der Waals surface area contributed by atoms with Crippen LogP contribution in [0.4, 0.5) is 0 Å². The first-order valence-corrected chi connectivity index (χ1v) is 23.7. The first-order chi connectivity index (χ1) is 34.5. The number of H-pyrrole nitrogens is 2. The van der Waals surface area contributed by atoms with Crippen molar-refractivity contribution in [1.82, 2.24) is 41.9 Å². The molecule has 2 aromatic heterocycles. The zero-order valence-electron chi connectivity index (χ0n) is 40.8. The van der Waals surface area contributed by atoms with E-state index in [-0.39, 0.29) is 12.8 Å². The molecule has 12 N–H and O–H groups in total. The van der Waals surface area contributed by atoms with Gasteiger partial charge in [0.15, 0.2) is 0 Å². The molecule has 0 aliphatic rings. The lowest BCUT2D eigenvalue weighted by Gasteiger charge is -2.26. The average molecular weight is 971 g/mol. The normalized spacial score (nSPS) is 13.2. The standard InChI is InChI=1S/2C28H31N5O3/c1-28(2,29)27(36)32-24(14-20-16-30-23-13-6-5-12-22(20)23)26(35)33-25(31-17-34)15-19-10-7-9-18-8-3-4-11-21(18)19;1-28(2,29)27(36)32-24(15-21-16-30-23-10-6-5-9-22(21)23)26(35)33-25(31-17-34)14-18-11-12-19-7-3-4-8-20(19)13-18/h2*3-13,16-17,24-25,30H,14-15,29H2,1-2H3,(H,31,34)(H,32,36)(H,33,35)/t2*24-,25-/m11/s1. The van der Waals surface area contributed by atoms with Gasteiger partial charge in [-0.3, -0.25) is 28.8 Å². The number of para-hydroxylation sites is 2. The Bertz CT molecular complexity index is 3190. The number of nitrogens with one attached hydrogen (secondary N) is 8. The first kappa shape index (κ1) is 51.5. The highest BCUT2D eigenvalue weighted by molar-refractivity contribution is 5.94. The van der Waals surface area contributed by atoms with Crippen LogP contribution >= 0.6 is 0 Å². The molecule has 0 saturated carbocycles. The summed E-state index contributed by atoms with van der Waals surface area (Å²) in [5.74, 6) is -1.73. The predicted molar refractivity (Wildman–Crippen MR) is 282 cm³/mol. The lowest BCUT2D eigenvalue weighted by Crippen LogP contribution is -2.59. The number of carbonyl (C=O) groups excluding carboxylic acids is 6. The molecule has 372 valence electrons. The van der Waals surface area contributed by atoms with E-state index in [1.807, 2.05) is 146 Å². The molecule has 0 radical (unpaired) electrons. The van der Waals surface area contributed by atoms with Crippen molar-refractivity contribution in [2.24, 2.45) is 11.5 Å². The number of fused-ring (bicyclic) bond motifs is 4. The largest absolute Gasteiger partial charge is 0.361 e. The van der Waals surface area contributed by atoms with E-state index in [1.165, 1.54) is 0 Å². The molecule has 0 bridgehead atoms. The summed E-state index contributed by atoms with van der Waals surface area (Å²) in [5, 5.41) is 23.0. The van der Waals surface area contributed by atoms with Crippen molar-refractivity contribution in [3.8, 4) is 0 Å². The van der Waals surface area contributed by atoms with E-state index in [1.54, 1.807) is 27.7 Å². The molecule has 6 amide bonds.